The molecule has 2 aromatic carbocycles. The molecule has 0 spiro atoms. The lowest BCUT2D eigenvalue weighted by molar-refractivity contribution is 0.0942. The molecule has 0 aliphatic heterocycles. The Morgan fingerprint density at radius 3 is 2.37 bits per heavy atom. The van der Waals surface area contributed by atoms with Gasteiger partial charge >= 0.3 is 0 Å². The molecule has 0 aliphatic carbocycles. The summed E-state index contributed by atoms with van der Waals surface area (Å²) in [5.41, 5.74) is 3.15. The van der Waals surface area contributed by atoms with Crippen molar-refractivity contribution in [3.8, 4) is 23.0 Å². The van der Waals surface area contributed by atoms with E-state index in [1.54, 1.807) is 18.2 Å². The molecule has 1 heterocycles. The molecule has 0 fully saturated rings. The number of aryl methyl sites for hydroxylation is 1. The van der Waals surface area contributed by atoms with Gasteiger partial charge in [-0.1, -0.05) is 48.0 Å². The molecule has 156 valence electrons. The third kappa shape index (κ3) is 5.06. The zero-order chi connectivity index (χ0) is 21.8. The van der Waals surface area contributed by atoms with E-state index in [-0.39, 0.29) is 18.1 Å². The molecule has 7 nitrogen and oxygen atoms in total. The minimum absolute atomic E-state index is 0.144. The van der Waals surface area contributed by atoms with Crippen LogP contribution in [0.5, 0.6) is 11.6 Å². The molecule has 0 atom stereocenters. The van der Waals surface area contributed by atoms with Gasteiger partial charge in [-0.2, -0.15) is 4.98 Å². The predicted octanol–water partition coefficient (Wildman–Crippen LogP) is 3.51. The van der Waals surface area contributed by atoms with Gasteiger partial charge in [0.05, 0.1) is 0 Å². The van der Waals surface area contributed by atoms with Crippen molar-refractivity contribution in [1.29, 1.82) is 0 Å². The Bertz CT molecular complexity index is 1070. The van der Waals surface area contributed by atoms with Crippen LogP contribution < -0.4 is 5.32 Å². The quantitative estimate of drug-likeness (QED) is 0.558. The van der Waals surface area contributed by atoms with Crippen LogP contribution in [0.15, 0.2) is 42.5 Å². The lowest BCUT2D eigenvalue weighted by Gasteiger charge is -2.11. The van der Waals surface area contributed by atoms with Crippen LogP contribution >= 0.6 is 11.6 Å². The maximum absolute atomic E-state index is 12.6. The first-order valence-corrected chi connectivity index (χ1v) is 9.69. The van der Waals surface area contributed by atoms with Gasteiger partial charge in [0.25, 0.3) is 11.8 Å². The van der Waals surface area contributed by atoms with Crippen LogP contribution in [-0.2, 0) is 13.1 Å². The first kappa shape index (κ1) is 21.5. The van der Waals surface area contributed by atoms with Crippen molar-refractivity contribution >= 4 is 17.5 Å². The van der Waals surface area contributed by atoms with Crippen molar-refractivity contribution in [3.05, 3.63) is 69.9 Å². The summed E-state index contributed by atoms with van der Waals surface area (Å²) in [5.74, 6) is -1.80. The normalized spacial score (nSPS) is 11.0. The first-order chi connectivity index (χ1) is 14.2. The Morgan fingerprint density at radius 2 is 1.73 bits per heavy atom. The molecule has 0 radical (unpaired) electrons. The number of nitrogens with zero attached hydrogens (tertiary/aromatic N) is 3. The average Bonchev–Trinajstić information content (AvgIpc) is 2.70. The number of nitrogens with one attached hydrogen (secondary N) is 1. The largest absolute Gasteiger partial charge is 0.501 e. The zero-order valence-electron chi connectivity index (χ0n) is 17.0. The van der Waals surface area contributed by atoms with Gasteiger partial charge in [-0.3, -0.25) is 4.79 Å². The summed E-state index contributed by atoms with van der Waals surface area (Å²) >= 11 is 6.11. The molecule has 0 saturated carbocycles. The summed E-state index contributed by atoms with van der Waals surface area (Å²) < 4.78 is 0. The van der Waals surface area contributed by atoms with Gasteiger partial charge in [0.2, 0.25) is 5.75 Å². The number of carbonyl (C=O) groups is 1. The first-order valence-electron chi connectivity index (χ1n) is 9.32. The van der Waals surface area contributed by atoms with Gasteiger partial charge in [-0.05, 0) is 43.8 Å². The maximum atomic E-state index is 12.6. The van der Waals surface area contributed by atoms with E-state index in [1.807, 2.05) is 50.2 Å². The molecule has 3 aromatic rings. The van der Waals surface area contributed by atoms with E-state index < -0.39 is 17.5 Å². The van der Waals surface area contributed by atoms with Crippen LogP contribution in [0, 0.1) is 6.92 Å². The van der Waals surface area contributed by atoms with Crippen LogP contribution in [0.3, 0.4) is 0 Å². The molecule has 30 heavy (non-hydrogen) atoms. The highest BCUT2D eigenvalue weighted by Crippen LogP contribution is 2.29. The summed E-state index contributed by atoms with van der Waals surface area (Å²) in [7, 11) is 3.95. The van der Waals surface area contributed by atoms with Gasteiger partial charge in [-0.25, -0.2) is 4.98 Å². The number of carbonyl (C=O) groups excluding carboxylic acids is 1. The number of benzene rings is 2. The van der Waals surface area contributed by atoms with Crippen LogP contribution in [0.25, 0.3) is 11.4 Å². The number of halogens is 1. The summed E-state index contributed by atoms with van der Waals surface area (Å²) in [4.78, 5) is 22.7. The number of rotatable bonds is 6. The molecule has 0 bridgehead atoms. The van der Waals surface area contributed by atoms with E-state index >= 15 is 0 Å². The van der Waals surface area contributed by atoms with E-state index in [2.05, 4.69) is 15.3 Å². The van der Waals surface area contributed by atoms with Gasteiger partial charge in [0, 0.05) is 23.7 Å². The fraction of sp³-hybridized carbons (Fsp3) is 0.227. The SMILES string of the molecule is Cc1ccc(CNC(=O)c2nc(-c3ccc(CN(C)C)cc3)nc(O)c2O)cc1Cl. The van der Waals surface area contributed by atoms with Crippen molar-refractivity contribution in [1.82, 2.24) is 20.2 Å². The number of hydrogen-bond donors (Lipinski definition) is 3. The minimum atomic E-state index is -0.664. The molecule has 1 amide bonds. The standard InChI is InChI=1S/C22H23ClN4O3/c1-13-4-5-15(10-17(13)23)11-24-21(29)18-19(28)22(30)26-20(25-18)16-8-6-14(7-9-16)12-27(2)3/h4-10,28H,11-12H2,1-3H3,(H,24,29)(H,25,26,30). The van der Waals surface area contributed by atoms with Crippen molar-refractivity contribution in [2.45, 2.75) is 20.0 Å². The number of aromatic hydroxyl groups is 2. The highest BCUT2D eigenvalue weighted by atomic mass is 35.5. The second-order valence-corrected chi connectivity index (χ2v) is 7.68. The van der Waals surface area contributed by atoms with Crippen LogP contribution in [0.1, 0.15) is 27.2 Å². The predicted molar refractivity (Wildman–Crippen MR) is 116 cm³/mol. The lowest BCUT2D eigenvalue weighted by Crippen LogP contribution is -2.24. The van der Waals surface area contributed by atoms with Gasteiger partial charge in [-0.15, -0.1) is 0 Å². The van der Waals surface area contributed by atoms with E-state index in [0.717, 1.165) is 23.2 Å². The second-order valence-electron chi connectivity index (χ2n) is 7.27. The smallest absolute Gasteiger partial charge is 0.274 e. The minimum Gasteiger partial charge on any atom is -0.501 e. The Kier molecular flexibility index (Phi) is 6.54. The third-order valence-corrected chi connectivity index (χ3v) is 4.89. The summed E-state index contributed by atoms with van der Waals surface area (Å²) in [6.45, 7) is 2.86. The van der Waals surface area contributed by atoms with Gasteiger partial charge in [0.15, 0.2) is 11.5 Å². The Labute approximate surface area is 180 Å². The average molecular weight is 427 g/mol. The Balaban J connectivity index is 1.81. The molecule has 3 N–H and O–H groups in total. The topological polar surface area (TPSA) is 98.6 Å². The fourth-order valence-corrected chi connectivity index (χ4v) is 3.07. The van der Waals surface area contributed by atoms with Crippen molar-refractivity contribution in [2.75, 3.05) is 14.1 Å². The fourth-order valence-electron chi connectivity index (χ4n) is 2.87. The lowest BCUT2D eigenvalue weighted by atomic mass is 10.1. The highest BCUT2D eigenvalue weighted by molar-refractivity contribution is 6.31. The van der Waals surface area contributed by atoms with E-state index in [1.165, 1.54) is 0 Å². The third-order valence-electron chi connectivity index (χ3n) is 4.48. The van der Waals surface area contributed by atoms with E-state index in [4.69, 9.17) is 11.6 Å². The number of amides is 1. The van der Waals surface area contributed by atoms with Crippen LogP contribution in [0.2, 0.25) is 5.02 Å². The monoisotopic (exact) mass is 426 g/mol. The molecule has 0 saturated heterocycles. The molecule has 3 rings (SSSR count). The highest BCUT2D eigenvalue weighted by Gasteiger charge is 2.20. The summed E-state index contributed by atoms with van der Waals surface area (Å²) in [5, 5.41) is 23.4. The number of aromatic nitrogens is 2. The summed E-state index contributed by atoms with van der Waals surface area (Å²) in [6, 6.07) is 12.9. The van der Waals surface area contributed by atoms with Crippen LogP contribution in [-0.4, -0.2) is 45.1 Å². The van der Waals surface area contributed by atoms with Gasteiger partial charge < -0.3 is 20.4 Å². The Hall–Kier alpha value is -3.16. The van der Waals surface area contributed by atoms with Crippen molar-refractivity contribution < 1.29 is 15.0 Å². The number of hydrogen-bond acceptors (Lipinski definition) is 6. The maximum Gasteiger partial charge on any atom is 0.274 e. The van der Waals surface area contributed by atoms with E-state index in [0.29, 0.717) is 10.6 Å². The molecule has 1 aromatic heterocycles. The Morgan fingerprint density at radius 1 is 1.07 bits per heavy atom. The summed E-state index contributed by atoms with van der Waals surface area (Å²) in [6.07, 6.45) is 0. The molecule has 0 aliphatic rings. The molecular formula is C22H23ClN4O3. The molecular weight excluding hydrogens is 404 g/mol. The van der Waals surface area contributed by atoms with Crippen LogP contribution in [0.4, 0.5) is 0 Å². The molecule has 8 heteroatoms. The van der Waals surface area contributed by atoms with Crippen molar-refractivity contribution in [2.24, 2.45) is 0 Å². The second kappa shape index (κ2) is 9.11. The van der Waals surface area contributed by atoms with Crippen molar-refractivity contribution in [3.63, 3.8) is 0 Å². The van der Waals surface area contributed by atoms with E-state index in [9.17, 15) is 15.0 Å². The zero-order valence-corrected chi connectivity index (χ0v) is 17.7. The molecule has 0 unspecified atom stereocenters. The van der Waals surface area contributed by atoms with Gasteiger partial charge in [0.1, 0.15) is 0 Å².